The summed E-state index contributed by atoms with van der Waals surface area (Å²) in [5.74, 6) is -0.820. The summed E-state index contributed by atoms with van der Waals surface area (Å²) in [6.45, 7) is 0.691. The second-order valence-corrected chi connectivity index (χ2v) is 7.46. The number of carbonyl (C=O) groups excluding carboxylic acids is 2. The molecule has 0 spiro atoms. The molecule has 0 saturated carbocycles. The summed E-state index contributed by atoms with van der Waals surface area (Å²) >= 11 is 0. The van der Waals surface area contributed by atoms with E-state index in [9.17, 15) is 9.59 Å². The Hall–Kier alpha value is -4.18. The molecule has 4 nitrogen and oxygen atoms in total. The monoisotopic (exact) mass is 420 g/mol. The third kappa shape index (κ3) is 5.29. The minimum absolute atomic E-state index is 0.0771. The lowest BCUT2D eigenvalue weighted by molar-refractivity contribution is -0.123. The molecule has 4 aromatic carbocycles. The van der Waals surface area contributed by atoms with Gasteiger partial charge in [0, 0.05) is 13.1 Å². The van der Waals surface area contributed by atoms with Crippen LogP contribution in [0.25, 0.3) is 16.8 Å². The highest BCUT2D eigenvalue weighted by Crippen LogP contribution is 2.21. The van der Waals surface area contributed by atoms with E-state index in [-0.39, 0.29) is 5.57 Å². The number of carbonyl (C=O) groups is 2. The zero-order chi connectivity index (χ0) is 22.2. The molecule has 2 N–H and O–H groups in total. The maximum absolute atomic E-state index is 13.1. The lowest BCUT2D eigenvalue weighted by Crippen LogP contribution is -2.34. The van der Waals surface area contributed by atoms with Crippen molar-refractivity contribution in [1.82, 2.24) is 10.6 Å². The number of hydrogen-bond donors (Lipinski definition) is 2. The molecule has 4 aromatic rings. The van der Waals surface area contributed by atoms with Crippen LogP contribution in [0.4, 0.5) is 0 Å². The first kappa shape index (κ1) is 21.1. The summed E-state index contributed by atoms with van der Waals surface area (Å²) in [7, 11) is 0. The molecule has 0 atom stereocenters. The van der Waals surface area contributed by atoms with Gasteiger partial charge in [0.15, 0.2) is 0 Å². The van der Waals surface area contributed by atoms with Crippen LogP contribution in [0.3, 0.4) is 0 Å². The Morgan fingerprint density at radius 3 is 1.69 bits per heavy atom. The van der Waals surface area contributed by atoms with E-state index in [1.807, 2.05) is 103 Å². The Labute approximate surface area is 187 Å². The zero-order valence-electron chi connectivity index (χ0n) is 17.6. The quantitative estimate of drug-likeness (QED) is 0.255. The van der Waals surface area contributed by atoms with Gasteiger partial charge in [-0.05, 0) is 33.5 Å². The number of nitrogens with one attached hydrogen (secondary N) is 2. The van der Waals surface area contributed by atoms with Crippen LogP contribution in [-0.4, -0.2) is 11.8 Å². The molecule has 0 aliphatic rings. The lowest BCUT2D eigenvalue weighted by Gasteiger charge is -2.11. The Balaban J connectivity index is 1.61. The number of fused-ring (bicyclic) bond motifs is 1. The summed E-state index contributed by atoms with van der Waals surface area (Å²) in [6.07, 6.45) is 1.67. The highest BCUT2D eigenvalue weighted by atomic mass is 16.2. The van der Waals surface area contributed by atoms with E-state index < -0.39 is 11.8 Å². The van der Waals surface area contributed by atoms with Crippen molar-refractivity contribution in [2.45, 2.75) is 13.1 Å². The van der Waals surface area contributed by atoms with E-state index in [1.54, 1.807) is 6.08 Å². The minimum atomic E-state index is -0.410. The molecule has 4 heteroatoms. The molecule has 0 unspecified atom stereocenters. The van der Waals surface area contributed by atoms with Crippen LogP contribution in [-0.2, 0) is 22.7 Å². The van der Waals surface area contributed by atoms with E-state index in [4.69, 9.17) is 0 Å². The van der Waals surface area contributed by atoms with Gasteiger partial charge in [-0.1, -0.05) is 103 Å². The van der Waals surface area contributed by atoms with Gasteiger partial charge in [-0.3, -0.25) is 9.59 Å². The first-order valence-electron chi connectivity index (χ1n) is 10.5. The molecule has 0 radical (unpaired) electrons. The van der Waals surface area contributed by atoms with Gasteiger partial charge in [-0.2, -0.15) is 0 Å². The maximum Gasteiger partial charge on any atom is 0.257 e. The van der Waals surface area contributed by atoms with E-state index in [1.165, 1.54) is 0 Å². The van der Waals surface area contributed by atoms with Crippen LogP contribution < -0.4 is 10.6 Å². The van der Waals surface area contributed by atoms with Crippen molar-refractivity contribution in [3.05, 3.63) is 125 Å². The third-order valence-corrected chi connectivity index (χ3v) is 5.20. The first-order valence-corrected chi connectivity index (χ1v) is 10.5. The van der Waals surface area contributed by atoms with Crippen LogP contribution >= 0.6 is 0 Å². The van der Waals surface area contributed by atoms with Gasteiger partial charge in [0.25, 0.3) is 11.8 Å². The molecule has 0 fully saturated rings. The summed E-state index contributed by atoms with van der Waals surface area (Å²) in [4.78, 5) is 26.1. The summed E-state index contributed by atoms with van der Waals surface area (Å²) in [5.41, 5.74) is 2.83. The van der Waals surface area contributed by atoms with E-state index >= 15 is 0 Å². The zero-order valence-corrected chi connectivity index (χ0v) is 17.6. The van der Waals surface area contributed by atoms with Gasteiger partial charge in [-0.15, -0.1) is 0 Å². The van der Waals surface area contributed by atoms with Crippen molar-refractivity contribution in [3.63, 3.8) is 0 Å². The van der Waals surface area contributed by atoms with Crippen molar-refractivity contribution in [2.24, 2.45) is 0 Å². The fourth-order valence-corrected chi connectivity index (χ4v) is 3.51. The molecule has 0 aromatic heterocycles. The highest BCUT2D eigenvalue weighted by Gasteiger charge is 2.18. The number of benzene rings is 4. The van der Waals surface area contributed by atoms with Crippen LogP contribution in [0.5, 0.6) is 0 Å². The SMILES string of the molecule is O=C(NCc1ccccc1)C(=Cc1cccc2ccccc12)C(=O)NCc1ccccc1. The lowest BCUT2D eigenvalue weighted by atomic mass is 10.0. The van der Waals surface area contributed by atoms with Gasteiger partial charge < -0.3 is 10.6 Å². The van der Waals surface area contributed by atoms with Crippen molar-refractivity contribution in [2.75, 3.05) is 0 Å². The van der Waals surface area contributed by atoms with Gasteiger partial charge in [0.05, 0.1) is 0 Å². The normalized spacial score (nSPS) is 10.4. The fourth-order valence-electron chi connectivity index (χ4n) is 3.51. The van der Waals surface area contributed by atoms with Gasteiger partial charge >= 0.3 is 0 Å². The minimum Gasteiger partial charge on any atom is -0.348 e. The maximum atomic E-state index is 13.1. The van der Waals surface area contributed by atoms with Crippen LogP contribution in [0.1, 0.15) is 16.7 Å². The molecular weight excluding hydrogens is 396 g/mol. The highest BCUT2D eigenvalue weighted by molar-refractivity contribution is 6.22. The average Bonchev–Trinajstić information content (AvgIpc) is 2.85. The second-order valence-electron chi connectivity index (χ2n) is 7.46. The van der Waals surface area contributed by atoms with E-state index in [0.29, 0.717) is 13.1 Å². The van der Waals surface area contributed by atoms with E-state index in [0.717, 1.165) is 27.5 Å². The molecule has 2 amide bonds. The molecule has 0 bridgehead atoms. The van der Waals surface area contributed by atoms with Crippen LogP contribution in [0, 0.1) is 0 Å². The molecule has 158 valence electrons. The van der Waals surface area contributed by atoms with Crippen molar-refractivity contribution in [1.29, 1.82) is 0 Å². The Morgan fingerprint density at radius 2 is 1.09 bits per heavy atom. The Bertz CT molecular complexity index is 1190. The molecule has 0 saturated heterocycles. The Kier molecular flexibility index (Phi) is 6.73. The topological polar surface area (TPSA) is 58.2 Å². The number of amides is 2. The van der Waals surface area contributed by atoms with Gasteiger partial charge in [0.2, 0.25) is 0 Å². The van der Waals surface area contributed by atoms with Crippen molar-refractivity contribution < 1.29 is 9.59 Å². The smallest absolute Gasteiger partial charge is 0.257 e. The summed E-state index contributed by atoms with van der Waals surface area (Å²) < 4.78 is 0. The van der Waals surface area contributed by atoms with Gasteiger partial charge in [0.1, 0.15) is 5.57 Å². The molecular formula is C28H24N2O2. The van der Waals surface area contributed by atoms with Gasteiger partial charge in [-0.25, -0.2) is 0 Å². The molecule has 4 rings (SSSR count). The second kappa shape index (κ2) is 10.2. The third-order valence-electron chi connectivity index (χ3n) is 5.20. The predicted octanol–water partition coefficient (Wildman–Crippen LogP) is 4.86. The largest absolute Gasteiger partial charge is 0.348 e. The molecule has 0 heterocycles. The standard InChI is InChI=1S/C28H24N2O2/c31-27(29-19-21-10-3-1-4-11-21)26(28(32)30-20-22-12-5-2-6-13-22)18-24-16-9-15-23-14-7-8-17-25(23)24/h1-18H,19-20H2,(H,29,31)(H,30,32). The summed E-state index contributed by atoms with van der Waals surface area (Å²) in [5, 5.41) is 7.79. The first-order chi connectivity index (χ1) is 15.7. The van der Waals surface area contributed by atoms with Crippen LogP contribution in [0.15, 0.2) is 109 Å². The molecule has 0 aliphatic heterocycles. The molecule has 0 aliphatic carbocycles. The number of hydrogen-bond acceptors (Lipinski definition) is 2. The van der Waals surface area contributed by atoms with Crippen LogP contribution in [0.2, 0.25) is 0 Å². The molecule has 32 heavy (non-hydrogen) atoms. The summed E-state index contributed by atoms with van der Waals surface area (Å²) in [6, 6.07) is 33.0. The predicted molar refractivity (Wildman–Crippen MR) is 129 cm³/mol. The van der Waals surface area contributed by atoms with E-state index in [2.05, 4.69) is 10.6 Å². The van der Waals surface area contributed by atoms with Crippen molar-refractivity contribution >= 4 is 28.7 Å². The van der Waals surface area contributed by atoms with Crippen molar-refractivity contribution in [3.8, 4) is 0 Å². The fraction of sp³-hybridized carbons (Fsp3) is 0.0714. The number of rotatable bonds is 7. The average molecular weight is 421 g/mol. The Morgan fingerprint density at radius 1 is 0.594 bits per heavy atom.